The van der Waals surface area contributed by atoms with Gasteiger partial charge in [-0.25, -0.2) is 4.98 Å². The molecule has 0 aliphatic carbocycles. The lowest BCUT2D eigenvalue weighted by molar-refractivity contribution is -0.148. The van der Waals surface area contributed by atoms with Gasteiger partial charge in [0.05, 0.1) is 16.1 Å². The van der Waals surface area contributed by atoms with E-state index in [-0.39, 0.29) is 5.92 Å². The smallest absolute Gasteiger partial charge is 0.311 e. The van der Waals surface area contributed by atoms with Crippen molar-refractivity contribution in [3.8, 4) is 11.3 Å². The van der Waals surface area contributed by atoms with Gasteiger partial charge in [-0.1, -0.05) is 37.0 Å². The number of anilines is 1. The van der Waals surface area contributed by atoms with E-state index < -0.39 is 11.4 Å². The number of aromatic nitrogens is 3. The van der Waals surface area contributed by atoms with Gasteiger partial charge in [-0.15, -0.1) is 0 Å². The molecule has 1 atom stereocenters. The van der Waals surface area contributed by atoms with Crippen LogP contribution in [0.15, 0.2) is 24.3 Å². The molecule has 1 saturated heterocycles. The van der Waals surface area contributed by atoms with Crippen LogP contribution < -0.4 is 4.90 Å². The van der Waals surface area contributed by atoms with E-state index in [1.807, 2.05) is 30.5 Å². The zero-order chi connectivity index (χ0) is 22.5. The molecule has 31 heavy (non-hydrogen) atoms. The molecule has 4 rings (SSSR count). The molecule has 3 heterocycles. The standard InChI is InChI=1S/C23H26Cl2N4O2/c1-13(2)20-14(3)26-19-11-18(16-7-6-15(24)10-17(16)25)27-29(19)21(20)28-9-5-8-23(4,12-28)22(30)31/h6-7,10-11,13H,5,8-9,12H2,1-4H3,(H,30,31)/t23-/m1/s1. The summed E-state index contributed by atoms with van der Waals surface area (Å²) in [5.41, 5.74) is 3.40. The highest BCUT2D eigenvalue weighted by atomic mass is 35.5. The van der Waals surface area contributed by atoms with E-state index in [1.165, 1.54) is 0 Å². The Balaban J connectivity index is 1.93. The second-order valence-electron chi connectivity index (χ2n) is 8.90. The molecule has 6 nitrogen and oxygen atoms in total. The van der Waals surface area contributed by atoms with Gasteiger partial charge < -0.3 is 10.0 Å². The van der Waals surface area contributed by atoms with Crippen molar-refractivity contribution in [2.45, 2.75) is 46.5 Å². The zero-order valence-electron chi connectivity index (χ0n) is 18.1. The largest absolute Gasteiger partial charge is 0.481 e. The maximum Gasteiger partial charge on any atom is 0.311 e. The van der Waals surface area contributed by atoms with Crippen molar-refractivity contribution in [2.24, 2.45) is 5.41 Å². The van der Waals surface area contributed by atoms with Crippen molar-refractivity contribution in [1.29, 1.82) is 0 Å². The van der Waals surface area contributed by atoms with E-state index >= 15 is 0 Å². The van der Waals surface area contributed by atoms with E-state index in [9.17, 15) is 9.90 Å². The van der Waals surface area contributed by atoms with Gasteiger partial charge in [0.1, 0.15) is 5.82 Å². The van der Waals surface area contributed by atoms with Crippen molar-refractivity contribution in [3.63, 3.8) is 0 Å². The topological polar surface area (TPSA) is 70.7 Å². The third kappa shape index (κ3) is 3.87. The molecular formula is C23H26Cl2N4O2. The van der Waals surface area contributed by atoms with E-state index in [0.717, 1.165) is 35.6 Å². The molecule has 1 aliphatic heterocycles. The number of carbonyl (C=O) groups is 1. The summed E-state index contributed by atoms with van der Waals surface area (Å²) in [6.07, 6.45) is 1.47. The second kappa shape index (κ2) is 7.99. The summed E-state index contributed by atoms with van der Waals surface area (Å²) in [6, 6.07) is 7.25. The molecular weight excluding hydrogens is 435 g/mol. The van der Waals surface area contributed by atoms with Crippen LogP contribution in [0.3, 0.4) is 0 Å². The van der Waals surface area contributed by atoms with Gasteiger partial charge in [-0.3, -0.25) is 4.79 Å². The number of fused-ring (bicyclic) bond motifs is 1. The highest BCUT2D eigenvalue weighted by Gasteiger charge is 2.39. The average Bonchev–Trinajstić information content (AvgIpc) is 3.09. The number of nitrogens with zero attached hydrogens (tertiary/aromatic N) is 4. The molecule has 0 spiro atoms. The summed E-state index contributed by atoms with van der Waals surface area (Å²) in [4.78, 5) is 18.9. The molecule has 1 aliphatic rings. The van der Waals surface area contributed by atoms with Crippen LogP contribution in [-0.2, 0) is 4.79 Å². The van der Waals surface area contributed by atoms with Crippen LogP contribution in [0.4, 0.5) is 5.82 Å². The molecule has 0 unspecified atom stereocenters. The molecule has 1 aromatic carbocycles. The third-order valence-electron chi connectivity index (χ3n) is 6.10. The minimum absolute atomic E-state index is 0.205. The van der Waals surface area contributed by atoms with E-state index in [0.29, 0.717) is 34.4 Å². The summed E-state index contributed by atoms with van der Waals surface area (Å²) in [7, 11) is 0. The first-order valence-corrected chi connectivity index (χ1v) is 11.2. The van der Waals surface area contributed by atoms with Crippen LogP contribution in [0.25, 0.3) is 16.9 Å². The molecule has 3 aromatic rings. The number of halogens is 2. The van der Waals surface area contributed by atoms with Crippen molar-refractivity contribution in [2.75, 3.05) is 18.0 Å². The summed E-state index contributed by atoms with van der Waals surface area (Å²) >= 11 is 12.5. The van der Waals surface area contributed by atoms with Crippen LogP contribution in [0, 0.1) is 12.3 Å². The average molecular weight is 461 g/mol. The highest BCUT2D eigenvalue weighted by molar-refractivity contribution is 6.36. The Morgan fingerprint density at radius 3 is 2.65 bits per heavy atom. The number of aryl methyl sites for hydroxylation is 1. The van der Waals surface area contributed by atoms with Gasteiger partial charge in [0, 0.05) is 41.0 Å². The monoisotopic (exact) mass is 460 g/mol. The van der Waals surface area contributed by atoms with Crippen LogP contribution in [-0.4, -0.2) is 38.8 Å². The number of carboxylic acids is 1. The number of benzene rings is 1. The number of hydrogen-bond acceptors (Lipinski definition) is 4. The normalized spacial score (nSPS) is 19.4. The number of aliphatic carboxylic acids is 1. The van der Waals surface area contributed by atoms with Crippen molar-refractivity contribution in [1.82, 2.24) is 14.6 Å². The lowest BCUT2D eigenvalue weighted by atomic mass is 9.81. The van der Waals surface area contributed by atoms with Crippen LogP contribution >= 0.6 is 23.2 Å². The Kier molecular flexibility index (Phi) is 5.64. The van der Waals surface area contributed by atoms with Crippen LogP contribution in [0.2, 0.25) is 10.0 Å². The van der Waals surface area contributed by atoms with Crippen molar-refractivity contribution in [3.05, 3.63) is 45.6 Å². The lowest BCUT2D eigenvalue weighted by Gasteiger charge is -2.40. The Bertz CT molecular complexity index is 1170. The Morgan fingerprint density at radius 2 is 2.00 bits per heavy atom. The number of hydrogen-bond donors (Lipinski definition) is 1. The second-order valence-corrected chi connectivity index (χ2v) is 9.75. The third-order valence-corrected chi connectivity index (χ3v) is 6.65. The quantitative estimate of drug-likeness (QED) is 0.530. The van der Waals surface area contributed by atoms with Crippen molar-refractivity contribution < 1.29 is 9.90 Å². The summed E-state index contributed by atoms with van der Waals surface area (Å²) in [5, 5.41) is 15.8. The molecule has 2 aromatic heterocycles. The molecule has 0 bridgehead atoms. The SMILES string of the molecule is Cc1nc2cc(-c3ccc(Cl)cc3Cl)nn2c(N2CCC[C@@](C)(C(=O)O)C2)c1C(C)C. The zero-order valence-corrected chi connectivity index (χ0v) is 19.6. The Hall–Kier alpha value is -2.31. The predicted octanol–water partition coefficient (Wildman–Crippen LogP) is 5.83. The summed E-state index contributed by atoms with van der Waals surface area (Å²) in [6.45, 7) is 9.28. The maximum absolute atomic E-state index is 12.0. The molecule has 8 heteroatoms. The summed E-state index contributed by atoms with van der Waals surface area (Å²) < 4.78 is 1.84. The Labute approximate surface area is 191 Å². The summed E-state index contributed by atoms with van der Waals surface area (Å²) in [5.74, 6) is 0.358. The van der Waals surface area contributed by atoms with Gasteiger partial charge >= 0.3 is 5.97 Å². The van der Waals surface area contributed by atoms with Gasteiger partial charge in [-0.2, -0.15) is 9.61 Å². The molecule has 0 radical (unpaired) electrons. The van der Waals surface area contributed by atoms with Crippen molar-refractivity contribution >= 4 is 40.6 Å². The lowest BCUT2D eigenvalue weighted by Crippen LogP contribution is -2.47. The fourth-order valence-corrected chi connectivity index (χ4v) is 5.02. The minimum atomic E-state index is -0.800. The van der Waals surface area contributed by atoms with Gasteiger partial charge in [0.15, 0.2) is 5.65 Å². The van der Waals surface area contributed by atoms with Gasteiger partial charge in [-0.05, 0) is 50.8 Å². The fourth-order valence-electron chi connectivity index (χ4n) is 4.52. The molecule has 0 amide bonds. The van der Waals surface area contributed by atoms with Gasteiger partial charge in [0.25, 0.3) is 0 Å². The first kappa shape index (κ1) is 21.9. The van der Waals surface area contributed by atoms with E-state index in [1.54, 1.807) is 12.1 Å². The highest BCUT2D eigenvalue weighted by Crippen LogP contribution is 2.38. The van der Waals surface area contributed by atoms with Gasteiger partial charge in [0.2, 0.25) is 0 Å². The fraction of sp³-hybridized carbons (Fsp3) is 0.435. The Morgan fingerprint density at radius 1 is 1.26 bits per heavy atom. The molecule has 0 saturated carbocycles. The van der Waals surface area contributed by atoms with Crippen LogP contribution in [0.5, 0.6) is 0 Å². The molecule has 1 fully saturated rings. The molecule has 1 N–H and O–H groups in total. The maximum atomic E-state index is 12.0. The first-order chi connectivity index (χ1) is 14.6. The number of piperidine rings is 1. The predicted molar refractivity (Wildman–Crippen MR) is 124 cm³/mol. The number of carboxylic acid groups (broad SMARTS) is 1. The van der Waals surface area contributed by atoms with E-state index in [4.69, 9.17) is 33.3 Å². The molecule has 164 valence electrons. The minimum Gasteiger partial charge on any atom is -0.481 e. The van der Waals surface area contributed by atoms with Crippen LogP contribution in [0.1, 0.15) is 50.8 Å². The van der Waals surface area contributed by atoms with E-state index in [2.05, 4.69) is 18.7 Å². The first-order valence-electron chi connectivity index (χ1n) is 10.4. The number of rotatable bonds is 4.